The van der Waals surface area contributed by atoms with E-state index in [9.17, 15) is 4.79 Å². The topological polar surface area (TPSA) is 46.3 Å². The van der Waals surface area contributed by atoms with Crippen molar-refractivity contribution in [1.82, 2.24) is 4.90 Å². The highest BCUT2D eigenvalue weighted by atomic mass is 35.5. The minimum atomic E-state index is 0. The maximum absolute atomic E-state index is 12.5. The molecule has 0 saturated carbocycles. The molecule has 2 N–H and O–H groups in total. The Morgan fingerprint density at radius 3 is 2.27 bits per heavy atom. The Hall–Kier alpha value is -0.360. The molecule has 0 atom stereocenters. The lowest BCUT2D eigenvalue weighted by Crippen LogP contribution is -2.42. The van der Waals surface area contributed by atoms with Crippen molar-refractivity contribution in [3.63, 3.8) is 0 Å². The van der Waals surface area contributed by atoms with Crippen molar-refractivity contribution in [2.75, 3.05) is 24.6 Å². The van der Waals surface area contributed by atoms with E-state index in [1.165, 1.54) is 23.5 Å². The lowest BCUT2D eigenvalue weighted by Gasteiger charge is -2.30. The van der Waals surface area contributed by atoms with E-state index in [4.69, 9.17) is 5.73 Å². The first-order valence-corrected chi connectivity index (χ1v) is 9.72. The molecule has 3 nitrogen and oxygen atoms in total. The van der Waals surface area contributed by atoms with Gasteiger partial charge in [0.25, 0.3) is 5.91 Å². The fourth-order valence-corrected chi connectivity index (χ4v) is 5.64. The van der Waals surface area contributed by atoms with Gasteiger partial charge in [-0.2, -0.15) is 0 Å². The van der Waals surface area contributed by atoms with Crippen molar-refractivity contribution in [3.8, 4) is 0 Å². The van der Waals surface area contributed by atoms with Crippen LogP contribution < -0.4 is 5.73 Å². The van der Waals surface area contributed by atoms with Crippen molar-refractivity contribution < 1.29 is 4.79 Å². The van der Waals surface area contributed by atoms with Crippen LogP contribution in [0.2, 0.25) is 0 Å². The second-order valence-electron chi connectivity index (χ2n) is 5.68. The Balaban J connectivity index is 0.00000176. The molecule has 22 heavy (non-hydrogen) atoms. The van der Waals surface area contributed by atoms with E-state index in [1.54, 1.807) is 0 Å². The van der Waals surface area contributed by atoms with Crippen LogP contribution in [0.25, 0.3) is 0 Å². The zero-order valence-corrected chi connectivity index (χ0v) is 15.0. The molecule has 0 aliphatic carbocycles. The molecule has 1 amide bonds. The van der Waals surface area contributed by atoms with Crippen LogP contribution in [0.5, 0.6) is 0 Å². The third kappa shape index (κ3) is 4.34. The van der Waals surface area contributed by atoms with E-state index in [0.29, 0.717) is 4.58 Å². The predicted octanol–water partition coefficient (Wildman–Crippen LogP) is 3.54. The Morgan fingerprint density at radius 2 is 1.68 bits per heavy atom. The molecule has 1 aromatic rings. The fraction of sp³-hybridized carbons (Fsp3) is 0.562. The molecular formula is C16H23ClN2OS2. The molecule has 6 heteroatoms. The quantitative estimate of drug-likeness (QED) is 0.878. The molecule has 1 aromatic carbocycles. The van der Waals surface area contributed by atoms with Crippen LogP contribution in [0, 0.1) is 0 Å². The minimum Gasteiger partial charge on any atom is -0.339 e. The van der Waals surface area contributed by atoms with Crippen molar-refractivity contribution in [2.24, 2.45) is 5.73 Å². The lowest BCUT2D eigenvalue weighted by molar-refractivity contribution is 0.0715. The molecule has 0 radical (unpaired) electrons. The second-order valence-corrected chi connectivity index (χ2v) is 8.40. The zero-order chi connectivity index (χ0) is 14.7. The van der Waals surface area contributed by atoms with Gasteiger partial charge in [0.15, 0.2) is 0 Å². The normalized spacial score (nSPS) is 20.5. The first kappa shape index (κ1) is 18.0. The smallest absolute Gasteiger partial charge is 0.253 e. The van der Waals surface area contributed by atoms with Gasteiger partial charge in [-0.25, -0.2) is 0 Å². The summed E-state index contributed by atoms with van der Waals surface area (Å²) in [5, 5.41) is 0. The summed E-state index contributed by atoms with van der Waals surface area (Å²) in [6, 6.07) is 8.48. The number of halogens is 1. The number of piperidine rings is 1. The van der Waals surface area contributed by atoms with Gasteiger partial charge in [-0.3, -0.25) is 4.79 Å². The van der Waals surface area contributed by atoms with E-state index in [1.807, 2.05) is 40.6 Å². The number of amides is 1. The first-order chi connectivity index (χ1) is 10.2. The van der Waals surface area contributed by atoms with Gasteiger partial charge < -0.3 is 10.6 Å². The molecule has 2 aliphatic heterocycles. The van der Waals surface area contributed by atoms with Gasteiger partial charge in [0.2, 0.25) is 0 Å². The summed E-state index contributed by atoms with van der Waals surface area (Å²) in [6.45, 7) is 1.58. The Morgan fingerprint density at radius 1 is 1.09 bits per heavy atom. The first-order valence-electron chi connectivity index (χ1n) is 7.62. The average molecular weight is 359 g/mol. The summed E-state index contributed by atoms with van der Waals surface area (Å²) in [6.07, 6.45) is 3.14. The molecule has 0 bridgehead atoms. The van der Waals surface area contributed by atoms with E-state index < -0.39 is 0 Å². The summed E-state index contributed by atoms with van der Waals surface area (Å²) < 4.78 is 0.538. The number of nitrogens with two attached hydrogens (primary N) is 1. The number of rotatable bonds is 2. The van der Waals surface area contributed by atoms with E-state index >= 15 is 0 Å². The summed E-state index contributed by atoms with van der Waals surface area (Å²) in [5.74, 6) is 2.64. The molecular weight excluding hydrogens is 336 g/mol. The molecule has 2 saturated heterocycles. The predicted molar refractivity (Wildman–Crippen MR) is 99.1 cm³/mol. The van der Waals surface area contributed by atoms with Crippen LogP contribution in [0.15, 0.2) is 24.3 Å². The number of benzene rings is 1. The number of hydrogen-bond acceptors (Lipinski definition) is 4. The molecule has 2 fully saturated rings. The third-order valence-corrected chi connectivity index (χ3v) is 7.10. The Kier molecular flexibility index (Phi) is 6.93. The maximum Gasteiger partial charge on any atom is 0.253 e. The minimum absolute atomic E-state index is 0. The van der Waals surface area contributed by atoms with E-state index in [2.05, 4.69) is 12.1 Å². The van der Waals surface area contributed by atoms with Gasteiger partial charge in [0.05, 0.1) is 4.58 Å². The highest BCUT2D eigenvalue weighted by molar-refractivity contribution is 8.16. The van der Waals surface area contributed by atoms with Gasteiger partial charge >= 0.3 is 0 Å². The van der Waals surface area contributed by atoms with Crippen molar-refractivity contribution in [3.05, 3.63) is 35.4 Å². The standard InChI is InChI=1S/C16H22N2OS2.ClH/c17-14-6-8-18(9-7-14)15(19)12-2-4-13(5-3-12)16-20-10-1-11-21-16;/h2-5,14,16H,1,6-11,17H2;1H. The fourth-order valence-electron chi connectivity index (χ4n) is 2.75. The Labute approximate surface area is 147 Å². The van der Waals surface area contributed by atoms with Gasteiger partial charge in [-0.15, -0.1) is 35.9 Å². The van der Waals surface area contributed by atoms with Crippen molar-refractivity contribution >= 4 is 41.8 Å². The highest BCUT2D eigenvalue weighted by Gasteiger charge is 2.22. The van der Waals surface area contributed by atoms with Crippen LogP contribution >= 0.6 is 35.9 Å². The number of thioether (sulfide) groups is 2. The highest BCUT2D eigenvalue weighted by Crippen LogP contribution is 2.43. The van der Waals surface area contributed by atoms with Crippen LogP contribution in [0.1, 0.15) is 39.8 Å². The van der Waals surface area contributed by atoms with E-state index in [-0.39, 0.29) is 24.4 Å². The monoisotopic (exact) mass is 358 g/mol. The van der Waals surface area contributed by atoms with Crippen LogP contribution in [-0.4, -0.2) is 41.4 Å². The average Bonchev–Trinajstić information content (AvgIpc) is 2.56. The van der Waals surface area contributed by atoms with Gasteiger partial charge in [-0.1, -0.05) is 12.1 Å². The summed E-state index contributed by atoms with van der Waals surface area (Å²) in [7, 11) is 0. The SMILES string of the molecule is Cl.NC1CCN(C(=O)c2ccc(C3SCCCS3)cc2)CC1. The zero-order valence-electron chi connectivity index (χ0n) is 12.6. The maximum atomic E-state index is 12.5. The molecule has 2 heterocycles. The van der Waals surface area contributed by atoms with Crippen LogP contribution in [0.3, 0.4) is 0 Å². The molecule has 0 unspecified atom stereocenters. The van der Waals surface area contributed by atoms with Crippen molar-refractivity contribution in [2.45, 2.75) is 29.9 Å². The summed E-state index contributed by atoms with van der Waals surface area (Å²) >= 11 is 4.03. The molecule has 2 aliphatic rings. The number of likely N-dealkylation sites (tertiary alicyclic amines) is 1. The van der Waals surface area contributed by atoms with E-state index in [0.717, 1.165) is 31.5 Å². The third-order valence-electron chi connectivity index (χ3n) is 4.08. The van der Waals surface area contributed by atoms with Gasteiger partial charge in [0.1, 0.15) is 0 Å². The molecule has 3 rings (SSSR count). The summed E-state index contributed by atoms with van der Waals surface area (Å²) in [4.78, 5) is 14.4. The molecule has 0 spiro atoms. The largest absolute Gasteiger partial charge is 0.339 e. The summed E-state index contributed by atoms with van der Waals surface area (Å²) in [5.41, 5.74) is 8.04. The number of carbonyl (C=O) groups excluding carboxylic acids is 1. The van der Waals surface area contributed by atoms with Crippen LogP contribution in [0.4, 0.5) is 0 Å². The van der Waals surface area contributed by atoms with Gasteiger partial charge in [0, 0.05) is 24.7 Å². The second kappa shape index (κ2) is 8.48. The molecule has 0 aromatic heterocycles. The van der Waals surface area contributed by atoms with Gasteiger partial charge in [-0.05, 0) is 48.5 Å². The van der Waals surface area contributed by atoms with Crippen molar-refractivity contribution in [1.29, 1.82) is 0 Å². The lowest BCUT2D eigenvalue weighted by atomic mass is 10.0. The number of hydrogen-bond donors (Lipinski definition) is 1. The molecule has 122 valence electrons. The number of carbonyl (C=O) groups is 1. The Bertz CT molecular complexity index is 483. The van der Waals surface area contributed by atoms with Crippen LogP contribution in [-0.2, 0) is 0 Å². The number of nitrogens with zero attached hydrogens (tertiary/aromatic N) is 1.